The lowest BCUT2D eigenvalue weighted by atomic mass is 10.1. The van der Waals surface area contributed by atoms with Gasteiger partial charge in [0.05, 0.1) is 12.2 Å². The Bertz CT molecular complexity index is 431. The maximum Gasteiger partial charge on any atom is 0.416 e. The molecule has 0 aromatic heterocycles. The molecule has 0 aliphatic heterocycles. The maximum absolute atomic E-state index is 12.4. The van der Waals surface area contributed by atoms with Crippen LogP contribution in [-0.4, -0.2) is 6.61 Å². The zero-order valence-electron chi connectivity index (χ0n) is 9.03. The van der Waals surface area contributed by atoms with Gasteiger partial charge in [-0.1, -0.05) is 18.2 Å². The molecule has 0 fully saturated rings. The van der Waals surface area contributed by atoms with E-state index in [0.717, 1.165) is 12.1 Å². The Kier molecular flexibility index (Phi) is 4.36. The highest BCUT2D eigenvalue weighted by atomic mass is 31.2. The molecule has 0 saturated carbocycles. The van der Waals surface area contributed by atoms with Gasteiger partial charge in [-0.2, -0.15) is 13.2 Å². The van der Waals surface area contributed by atoms with E-state index in [1.54, 1.807) is 0 Å². The van der Waals surface area contributed by atoms with Gasteiger partial charge in [-0.05, 0) is 18.6 Å². The summed E-state index contributed by atoms with van der Waals surface area (Å²) < 4.78 is 52.9. The molecule has 0 aliphatic rings. The minimum Gasteiger partial charge on any atom is -0.778 e. The van der Waals surface area contributed by atoms with Crippen LogP contribution < -0.4 is 4.89 Å². The first-order chi connectivity index (χ1) is 7.74. The summed E-state index contributed by atoms with van der Waals surface area (Å²) in [5.74, 6) is 0. The van der Waals surface area contributed by atoms with Crippen LogP contribution in [0.3, 0.4) is 0 Å². The van der Waals surface area contributed by atoms with E-state index in [1.165, 1.54) is 19.1 Å². The number of benzene rings is 1. The van der Waals surface area contributed by atoms with Crippen molar-refractivity contribution in [3.63, 3.8) is 0 Å². The van der Waals surface area contributed by atoms with Crippen molar-refractivity contribution >= 4 is 7.60 Å². The van der Waals surface area contributed by atoms with E-state index in [4.69, 9.17) is 0 Å². The van der Waals surface area contributed by atoms with E-state index in [1.807, 2.05) is 0 Å². The van der Waals surface area contributed by atoms with Gasteiger partial charge in [0.25, 0.3) is 0 Å². The molecular formula is C10H11F3O3P-. The highest BCUT2D eigenvalue weighted by Gasteiger charge is 2.30. The van der Waals surface area contributed by atoms with Crippen molar-refractivity contribution in [3.8, 4) is 0 Å². The van der Waals surface area contributed by atoms with Crippen molar-refractivity contribution in [3.05, 3.63) is 35.4 Å². The fourth-order valence-electron chi connectivity index (χ4n) is 1.31. The van der Waals surface area contributed by atoms with Crippen LogP contribution in [0.4, 0.5) is 13.2 Å². The van der Waals surface area contributed by atoms with E-state index >= 15 is 0 Å². The molecule has 0 radical (unpaired) electrons. The molecule has 1 unspecified atom stereocenters. The third-order valence-electron chi connectivity index (χ3n) is 1.96. The second kappa shape index (κ2) is 5.21. The highest BCUT2D eigenvalue weighted by Crippen LogP contribution is 2.41. The van der Waals surface area contributed by atoms with Crippen molar-refractivity contribution in [2.75, 3.05) is 6.61 Å². The molecule has 7 heteroatoms. The van der Waals surface area contributed by atoms with Crippen LogP contribution >= 0.6 is 7.60 Å². The Labute approximate surface area is 96.8 Å². The fraction of sp³-hybridized carbons (Fsp3) is 0.400. The number of alkyl halides is 3. The van der Waals surface area contributed by atoms with Crippen LogP contribution in [0.5, 0.6) is 0 Å². The van der Waals surface area contributed by atoms with Gasteiger partial charge in [0, 0.05) is 6.16 Å². The molecule has 1 rings (SSSR count). The third kappa shape index (κ3) is 4.50. The molecule has 96 valence electrons. The van der Waals surface area contributed by atoms with Crippen molar-refractivity contribution in [1.82, 2.24) is 0 Å². The smallest absolute Gasteiger partial charge is 0.416 e. The molecule has 3 nitrogen and oxygen atoms in total. The molecular weight excluding hydrogens is 256 g/mol. The molecule has 1 aromatic carbocycles. The zero-order valence-corrected chi connectivity index (χ0v) is 9.92. The summed E-state index contributed by atoms with van der Waals surface area (Å²) in [6.45, 7) is 1.47. The molecule has 0 amide bonds. The summed E-state index contributed by atoms with van der Waals surface area (Å²) in [7, 11) is -4.10. The third-order valence-corrected chi connectivity index (χ3v) is 3.36. The standard InChI is InChI=1S/C10H12F3O3P/c1-2-16-17(14,15)7-8-4-3-5-9(6-8)10(11,12)13/h3-6H,2,7H2,1H3,(H,14,15)/p-1. The predicted octanol–water partition coefficient (Wildman–Crippen LogP) is 2.80. The molecule has 0 spiro atoms. The lowest BCUT2D eigenvalue weighted by Crippen LogP contribution is -2.09. The SMILES string of the molecule is CCOP(=O)([O-])Cc1cccc(C(F)(F)F)c1. The summed E-state index contributed by atoms with van der Waals surface area (Å²) in [6, 6.07) is 4.19. The number of hydrogen-bond acceptors (Lipinski definition) is 3. The van der Waals surface area contributed by atoms with Crippen LogP contribution in [0.25, 0.3) is 0 Å². The maximum atomic E-state index is 12.4. The number of rotatable bonds is 4. The van der Waals surface area contributed by atoms with Gasteiger partial charge in [0.2, 0.25) is 0 Å². The predicted molar refractivity (Wildman–Crippen MR) is 54.4 cm³/mol. The second-order valence-corrected chi connectivity index (χ2v) is 5.18. The van der Waals surface area contributed by atoms with Crippen LogP contribution in [0.1, 0.15) is 18.1 Å². The summed E-state index contributed by atoms with van der Waals surface area (Å²) >= 11 is 0. The summed E-state index contributed by atoms with van der Waals surface area (Å²) in [5, 5.41) is 0. The van der Waals surface area contributed by atoms with E-state index in [-0.39, 0.29) is 12.2 Å². The molecule has 0 N–H and O–H groups in total. The van der Waals surface area contributed by atoms with E-state index in [0.29, 0.717) is 0 Å². The Balaban J connectivity index is 2.90. The highest BCUT2D eigenvalue weighted by molar-refractivity contribution is 7.50. The van der Waals surface area contributed by atoms with Gasteiger partial charge >= 0.3 is 6.18 Å². The zero-order chi connectivity index (χ0) is 13.1. The molecule has 0 saturated heterocycles. The van der Waals surface area contributed by atoms with Crippen LogP contribution in [0.15, 0.2) is 24.3 Å². The summed E-state index contributed by atoms with van der Waals surface area (Å²) in [5.41, 5.74) is -0.807. The van der Waals surface area contributed by atoms with Gasteiger partial charge in [-0.3, -0.25) is 0 Å². The topological polar surface area (TPSA) is 49.4 Å². The Morgan fingerprint density at radius 1 is 1.41 bits per heavy atom. The normalized spacial score (nSPS) is 15.6. The average Bonchev–Trinajstić information content (AvgIpc) is 2.15. The van der Waals surface area contributed by atoms with Crippen LogP contribution in [0, 0.1) is 0 Å². The summed E-state index contributed by atoms with van der Waals surface area (Å²) in [6.07, 6.45) is -5.01. The van der Waals surface area contributed by atoms with E-state index in [2.05, 4.69) is 4.52 Å². The molecule has 1 aromatic rings. The first-order valence-electron chi connectivity index (χ1n) is 4.85. The second-order valence-electron chi connectivity index (χ2n) is 3.38. The van der Waals surface area contributed by atoms with Crippen LogP contribution in [-0.2, 0) is 21.4 Å². The van der Waals surface area contributed by atoms with Crippen molar-refractivity contribution in [2.45, 2.75) is 19.3 Å². The monoisotopic (exact) mass is 267 g/mol. The first kappa shape index (κ1) is 14.2. The largest absolute Gasteiger partial charge is 0.778 e. The van der Waals surface area contributed by atoms with Gasteiger partial charge in [-0.25, -0.2) is 0 Å². The van der Waals surface area contributed by atoms with Crippen molar-refractivity contribution < 1.29 is 27.2 Å². The lowest BCUT2D eigenvalue weighted by Gasteiger charge is -2.22. The Hall–Kier alpha value is -0.840. The number of halogens is 3. The van der Waals surface area contributed by atoms with Crippen molar-refractivity contribution in [1.29, 1.82) is 0 Å². The molecule has 0 heterocycles. The molecule has 0 aliphatic carbocycles. The molecule has 0 bridgehead atoms. The molecule has 17 heavy (non-hydrogen) atoms. The lowest BCUT2D eigenvalue weighted by molar-refractivity contribution is -0.198. The Morgan fingerprint density at radius 2 is 2.06 bits per heavy atom. The van der Waals surface area contributed by atoms with Gasteiger partial charge in [0.1, 0.15) is 7.60 Å². The van der Waals surface area contributed by atoms with Gasteiger partial charge < -0.3 is 14.0 Å². The average molecular weight is 267 g/mol. The quantitative estimate of drug-likeness (QED) is 0.788. The minimum absolute atomic E-state index is 0.0280. The minimum atomic E-state index is -4.48. The van der Waals surface area contributed by atoms with Gasteiger partial charge in [0.15, 0.2) is 0 Å². The molecule has 1 atom stereocenters. The summed E-state index contributed by atoms with van der Waals surface area (Å²) in [4.78, 5) is 11.3. The fourth-order valence-corrected chi connectivity index (χ4v) is 2.44. The van der Waals surface area contributed by atoms with Crippen molar-refractivity contribution in [2.24, 2.45) is 0 Å². The van der Waals surface area contributed by atoms with E-state index < -0.39 is 25.5 Å². The van der Waals surface area contributed by atoms with E-state index in [9.17, 15) is 22.6 Å². The van der Waals surface area contributed by atoms with Gasteiger partial charge in [-0.15, -0.1) is 0 Å². The first-order valence-corrected chi connectivity index (χ1v) is 6.58. The number of hydrogen-bond donors (Lipinski definition) is 0. The Morgan fingerprint density at radius 3 is 2.59 bits per heavy atom. The van der Waals surface area contributed by atoms with Crippen LogP contribution in [0.2, 0.25) is 0 Å².